The highest BCUT2D eigenvalue weighted by molar-refractivity contribution is 6.00. The molecular weight excluding hydrogens is 544 g/mol. The number of amides is 2. The lowest BCUT2D eigenvalue weighted by atomic mass is 9.95. The van der Waals surface area contributed by atoms with Crippen molar-refractivity contribution >= 4 is 11.8 Å². The van der Waals surface area contributed by atoms with Crippen LogP contribution in [0.15, 0.2) is 85.1 Å². The van der Waals surface area contributed by atoms with E-state index in [2.05, 4.69) is 42.8 Å². The van der Waals surface area contributed by atoms with E-state index < -0.39 is 23.8 Å². The summed E-state index contributed by atoms with van der Waals surface area (Å²) in [4.78, 5) is 34.0. The van der Waals surface area contributed by atoms with Gasteiger partial charge in [-0.1, -0.05) is 92.2 Å². The summed E-state index contributed by atoms with van der Waals surface area (Å²) < 4.78 is 0. The van der Waals surface area contributed by atoms with Crippen LogP contribution in [0.2, 0.25) is 0 Å². The Morgan fingerprint density at radius 1 is 0.884 bits per heavy atom. The number of aromatic nitrogens is 6. The number of carbonyl (C=O) groups is 2. The first-order chi connectivity index (χ1) is 21.1. The van der Waals surface area contributed by atoms with E-state index in [1.165, 1.54) is 0 Å². The summed E-state index contributed by atoms with van der Waals surface area (Å²) >= 11 is 0. The SMILES string of the molecule is CCCCc1ncc(C(Cc2ccc(-c3ccccc3-c3nn[nH]n3)cc2)NC(=O)C(Cc2ccccc2)C(=O)NO)[nH]1. The number of carbonyl (C=O) groups excluding carboxylic acids is 2. The van der Waals surface area contributed by atoms with E-state index in [-0.39, 0.29) is 6.42 Å². The van der Waals surface area contributed by atoms with Gasteiger partial charge in [0.1, 0.15) is 11.7 Å². The van der Waals surface area contributed by atoms with Crippen molar-refractivity contribution in [1.29, 1.82) is 0 Å². The van der Waals surface area contributed by atoms with Crippen LogP contribution in [-0.4, -0.2) is 47.6 Å². The number of nitrogens with one attached hydrogen (secondary N) is 4. The quantitative estimate of drug-likeness (QED) is 0.0787. The minimum absolute atomic E-state index is 0.144. The molecule has 0 aliphatic rings. The summed E-state index contributed by atoms with van der Waals surface area (Å²) in [6.07, 6.45) is 5.17. The lowest BCUT2D eigenvalue weighted by molar-refractivity contribution is -0.141. The van der Waals surface area contributed by atoms with Crippen molar-refractivity contribution in [3.05, 3.63) is 108 Å². The van der Waals surface area contributed by atoms with Crippen LogP contribution in [0.1, 0.15) is 48.5 Å². The highest BCUT2D eigenvalue weighted by Crippen LogP contribution is 2.30. The van der Waals surface area contributed by atoms with Gasteiger partial charge in [-0.2, -0.15) is 5.21 Å². The van der Waals surface area contributed by atoms with Gasteiger partial charge in [-0.15, -0.1) is 10.2 Å². The van der Waals surface area contributed by atoms with Gasteiger partial charge in [0.15, 0.2) is 0 Å². The Bertz CT molecular complexity index is 1620. The molecule has 2 amide bonds. The Morgan fingerprint density at radius 2 is 1.60 bits per heavy atom. The molecule has 5 aromatic rings. The Balaban J connectivity index is 1.39. The van der Waals surface area contributed by atoms with Crippen LogP contribution in [0.5, 0.6) is 0 Å². The average molecular weight is 579 g/mol. The van der Waals surface area contributed by atoms with E-state index >= 15 is 0 Å². The summed E-state index contributed by atoms with van der Waals surface area (Å²) in [5.41, 5.74) is 6.99. The largest absolute Gasteiger partial charge is 0.347 e. The van der Waals surface area contributed by atoms with Gasteiger partial charge in [0, 0.05) is 12.0 Å². The Labute approximate surface area is 249 Å². The highest BCUT2D eigenvalue weighted by Gasteiger charge is 2.29. The van der Waals surface area contributed by atoms with Gasteiger partial charge in [-0.25, -0.2) is 10.5 Å². The number of rotatable bonds is 13. The summed E-state index contributed by atoms with van der Waals surface area (Å²) in [5.74, 6) is -1.02. The third kappa shape index (κ3) is 7.38. The van der Waals surface area contributed by atoms with Gasteiger partial charge in [0.2, 0.25) is 11.7 Å². The van der Waals surface area contributed by atoms with Crippen molar-refractivity contribution < 1.29 is 14.8 Å². The Hall–Kier alpha value is -5.16. The maximum Gasteiger partial charge on any atom is 0.256 e. The molecule has 2 unspecified atom stereocenters. The van der Waals surface area contributed by atoms with E-state index in [0.29, 0.717) is 12.2 Å². The van der Waals surface area contributed by atoms with Gasteiger partial charge >= 0.3 is 0 Å². The molecule has 0 spiro atoms. The van der Waals surface area contributed by atoms with Gasteiger partial charge in [-0.05, 0) is 46.7 Å². The third-order valence-electron chi connectivity index (χ3n) is 7.35. The molecule has 2 atom stereocenters. The summed E-state index contributed by atoms with van der Waals surface area (Å²) in [7, 11) is 0. The van der Waals surface area contributed by atoms with Gasteiger partial charge < -0.3 is 10.3 Å². The molecule has 2 heterocycles. The zero-order valence-electron chi connectivity index (χ0n) is 23.8. The number of benzene rings is 3. The highest BCUT2D eigenvalue weighted by atomic mass is 16.5. The lowest BCUT2D eigenvalue weighted by Crippen LogP contribution is -2.43. The zero-order valence-corrected chi connectivity index (χ0v) is 23.8. The van der Waals surface area contributed by atoms with Crippen LogP contribution < -0.4 is 10.8 Å². The third-order valence-corrected chi connectivity index (χ3v) is 7.35. The Kier molecular flexibility index (Phi) is 9.65. The van der Waals surface area contributed by atoms with Crippen LogP contribution in [0.4, 0.5) is 0 Å². The number of unbranched alkanes of at least 4 members (excludes halogenated alkanes) is 1. The first kappa shape index (κ1) is 29.3. The van der Waals surface area contributed by atoms with Crippen LogP contribution in [0, 0.1) is 5.92 Å². The second-order valence-corrected chi connectivity index (χ2v) is 10.4. The molecule has 11 nitrogen and oxygen atoms in total. The normalized spacial score (nSPS) is 12.4. The molecule has 5 N–H and O–H groups in total. The van der Waals surface area contributed by atoms with E-state index in [0.717, 1.165) is 58.6 Å². The average Bonchev–Trinajstić information content (AvgIpc) is 3.76. The number of tetrazole rings is 1. The fourth-order valence-corrected chi connectivity index (χ4v) is 5.03. The molecular formula is C32H34N8O3. The number of hydroxylamine groups is 1. The van der Waals surface area contributed by atoms with Crippen LogP contribution in [-0.2, 0) is 28.9 Å². The molecule has 0 saturated heterocycles. The van der Waals surface area contributed by atoms with Gasteiger partial charge in [-0.3, -0.25) is 14.8 Å². The van der Waals surface area contributed by atoms with E-state index in [1.807, 2.05) is 78.9 Å². The van der Waals surface area contributed by atoms with Crippen LogP contribution >= 0.6 is 0 Å². The summed E-state index contributed by atoms with van der Waals surface area (Å²) in [5, 5.41) is 26.9. The second-order valence-electron chi connectivity index (χ2n) is 10.4. The molecule has 0 radical (unpaired) electrons. The number of hydrogen-bond donors (Lipinski definition) is 5. The molecule has 220 valence electrons. The van der Waals surface area contributed by atoms with E-state index in [1.54, 1.807) is 11.7 Å². The predicted octanol–water partition coefficient (Wildman–Crippen LogP) is 4.36. The second kappa shape index (κ2) is 14.1. The number of nitrogens with zero attached hydrogens (tertiary/aromatic N) is 4. The van der Waals surface area contributed by atoms with Crippen LogP contribution in [0.25, 0.3) is 22.5 Å². The molecule has 0 aliphatic carbocycles. The first-order valence-corrected chi connectivity index (χ1v) is 14.3. The molecule has 0 aliphatic heterocycles. The first-order valence-electron chi connectivity index (χ1n) is 14.3. The lowest BCUT2D eigenvalue weighted by Gasteiger charge is -2.22. The molecule has 3 aromatic carbocycles. The fraction of sp³-hybridized carbons (Fsp3) is 0.250. The monoisotopic (exact) mass is 578 g/mol. The number of hydrogen-bond acceptors (Lipinski definition) is 7. The van der Waals surface area contributed by atoms with Crippen LogP contribution in [0.3, 0.4) is 0 Å². The Morgan fingerprint density at radius 3 is 2.30 bits per heavy atom. The van der Waals surface area contributed by atoms with Crippen molar-refractivity contribution in [1.82, 2.24) is 41.4 Å². The molecule has 0 saturated carbocycles. The van der Waals surface area contributed by atoms with Crippen molar-refractivity contribution in [3.63, 3.8) is 0 Å². The molecule has 11 heteroatoms. The molecule has 5 rings (SSSR count). The van der Waals surface area contributed by atoms with E-state index in [9.17, 15) is 14.8 Å². The van der Waals surface area contributed by atoms with Gasteiger partial charge in [0.05, 0.1) is 17.9 Å². The standard InChI is InChI=1S/C32H34N8O3/c1-2-3-13-29-33-20-28(34-29)27(35-31(41)26(32(42)38-43)18-21-9-5-4-6-10-21)19-22-14-16-23(17-15-22)24-11-7-8-12-25(24)30-36-39-40-37-30/h4-12,14-17,20,26-27,43H,2-3,13,18-19H2,1H3,(H,33,34)(H,35,41)(H,38,42)(H,36,37,39,40). The minimum Gasteiger partial charge on any atom is -0.347 e. The number of aromatic amines is 2. The molecule has 0 bridgehead atoms. The topological polar surface area (TPSA) is 162 Å². The van der Waals surface area contributed by atoms with Crippen molar-refractivity contribution in [2.75, 3.05) is 0 Å². The van der Waals surface area contributed by atoms with Crippen molar-refractivity contribution in [3.8, 4) is 22.5 Å². The van der Waals surface area contributed by atoms with Gasteiger partial charge in [0.25, 0.3) is 5.91 Å². The van der Waals surface area contributed by atoms with Crippen molar-refractivity contribution in [2.24, 2.45) is 5.92 Å². The predicted molar refractivity (Wildman–Crippen MR) is 160 cm³/mol. The molecule has 43 heavy (non-hydrogen) atoms. The summed E-state index contributed by atoms with van der Waals surface area (Å²) in [6.45, 7) is 2.12. The maximum atomic E-state index is 13.6. The van der Waals surface area contributed by atoms with E-state index in [4.69, 9.17) is 0 Å². The minimum atomic E-state index is -1.12. The molecule has 0 fully saturated rings. The number of aryl methyl sites for hydroxylation is 1. The number of imidazole rings is 1. The number of H-pyrrole nitrogens is 2. The summed E-state index contributed by atoms with van der Waals surface area (Å²) in [6, 6.07) is 24.7. The maximum absolute atomic E-state index is 13.6. The fourth-order valence-electron chi connectivity index (χ4n) is 5.03. The zero-order chi connectivity index (χ0) is 30.0. The molecule has 2 aromatic heterocycles. The smallest absolute Gasteiger partial charge is 0.256 e. The van der Waals surface area contributed by atoms with Crippen molar-refractivity contribution in [2.45, 2.75) is 45.1 Å².